The van der Waals surface area contributed by atoms with Gasteiger partial charge in [-0.05, 0) is 89.3 Å². The van der Waals surface area contributed by atoms with E-state index >= 15 is 0 Å². The number of fused-ring (bicyclic) bond motifs is 2. The molecule has 6 nitrogen and oxygen atoms in total. The molecule has 0 bridgehead atoms. The van der Waals surface area contributed by atoms with Gasteiger partial charge in [0.2, 0.25) is 0 Å². The first-order valence-corrected chi connectivity index (χ1v) is 13.6. The minimum atomic E-state index is -0.566. The first kappa shape index (κ1) is 25.5. The molecular weight excluding hydrogens is 448 g/mol. The molecule has 0 spiro atoms. The van der Waals surface area contributed by atoms with E-state index in [2.05, 4.69) is 98.0 Å². The Bertz CT molecular complexity index is 993. The lowest BCUT2D eigenvalue weighted by Crippen LogP contribution is -2.51. The van der Waals surface area contributed by atoms with Crippen molar-refractivity contribution in [2.75, 3.05) is 64.2 Å². The highest BCUT2D eigenvalue weighted by Gasteiger charge is 2.50. The summed E-state index contributed by atoms with van der Waals surface area (Å²) >= 11 is 0. The summed E-state index contributed by atoms with van der Waals surface area (Å²) in [7, 11) is 8.46. The highest BCUT2D eigenvalue weighted by atomic mass is 16.3. The summed E-state index contributed by atoms with van der Waals surface area (Å²) in [5.74, 6) is -0.453. The zero-order chi connectivity index (χ0) is 25.7. The molecule has 1 fully saturated rings. The van der Waals surface area contributed by atoms with Gasteiger partial charge in [0.1, 0.15) is 0 Å². The molecule has 5 rings (SSSR count). The number of aliphatic hydroxyl groups is 2. The number of aliphatic hydroxyl groups excluding tert-OH is 2. The minimum absolute atomic E-state index is 0.227. The molecule has 1 aliphatic carbocycles. The Balaban J connectivity index is 1.30. The molecular formula is C30H44N4O2. The van der Waals surface area contributed by atoms with Gasteiger partial charge in [-0.2, -0.15) is 0 Å². The predicted molar refractivity (Wildman–Crippen MR) is 149 cm³/mol. The molecule has 2 aromatic rings. The summed E-state index contributed by atoms with van der Waals surface area (Å²) in [6.45, 7) is 8.66. The lowest BCUT2D eigenvalue weighted by Gasteiger charge is -2.47. The fraction of sp³-hybridized carbons (Fsp3) is 0.600. The largest absolute Gasteiger partial charge is 0.392 e. The van der Waals surface area contributed by atoms with Gasteiger partial charge >= 0.3 is 0 Å². The third kappa shape index (κ3) is 4.53. The fourth-order valence-corrected chi connectivity index (χ4v) is 6.64. The Morgan fingerprint density at radius 3 is 1.44 bits per heavy atom. The Morgan fingerprint density at radius 2 is 1.08 bits per heavy atom. The zero-order valence-electron chi connectivity index (χ0n) is 22.9. The Kier molecular flexibility index (Phi) is 7.07. The van der Waals surface area contributed by atoms with E-state index in [1.807, 2.05) is 0 Å². The van der Waals surface area contributed by atoms with Crippen LogP contribution in [0.5, 0.6) is 0 Å². The van der Waals surface area contributed by atoms with Crippen molar-refractivity contribution in [3.63, 3.8) is 0 Å². The number of hydrogen-bond acceptors (Lipinski definition) is 6. The van der Waals surface area contributed by atoms with E-state index in [9.17, 15) is 10.2 Å². The minimum Gasteiger partial charge on any atom is -0.392 e. The second-order valence-electron chi connectivity index (χ2n) is 11.9. The van der Waals surface area contributed by atoms with E-state index in [0.29, 0.717) is 12.1 Å². The van der Waals surface area contributed by atoms with Crippen LogP contribution in [0.25, 0.3) is 0 Å². The van der Waals surface area contributed by atoms with Crippen molar-refractivity contribution < 1.29 is 10.2 Å². The van der Waals surface area contributed by atoms with Gasteiger partial charge in [-0.3, -0.25) is 0 Å². The van der Waals surface area contributed by atoms with Crippen molar-refractivity contribution in [1.82, 2.24) is 9.80 Å². The number of rotatable bonds is 8. The Labute approximate surface area is 217 Å². The molecule has 2 N–H and O–H groups in total. The van der Waals surface area contributed by atoms with Crippen molar-refractivity contribution in [3.8, 4) is 0 Å². The summed E-state index contributed by atoms with van der Waals surface area (Å²) in [6.07, 6.45) is 0.908. The molecule has 36 heavy (non-hydrogen) atoms. The molecule has 1 saturated carbocycles. The quantitative estimate of drug-likeness (QED) is 0.591. The SMILES string of the molecule is CC1Cc2cc(C3C(O)C(c4ccc5c(c4)CC(C)N5CCN(C)C)C3O)ccc2N1CCN(C)C. The van der Waals surface area contributed by atoms with Gasteiger partial charge in [0, 0.05) is 61.5 Å². The summed E-state index contributed by atoms with van der Waals surface area (Å²) in [4.78, 5) is 9.42. The molecule has 0 radical (unpaired) electrons. The van der Waals surface area contributed by atoms with E-state index < -0.39 is 12.2 Å². The van der Waals surface area contributed by atoms with Crippen LogP contribution in [-0.2, 0) is 12.8 Å². The summed E-state index contributed by atoms with van der Waals surface area (Å²) in [6, 6.07) is 14.1. The van der Waals surface area contributed by atoms with E-state index in [-0.39, 0.29) is 11.8 Å². The second kappa shape index (κ2) is 9.97. The van der Waals surface area contributed by atoms with Gasteiger partial charge in [-0.15, -0.1) is 0 Å². The molecule has 0 amide bonds. The van der Waals surface area contributed by atoms with Crippen LogP contribution in [0.15, 0.2) is 36.4 Å². The van der Waals surface area contributed by atoms with Gasteiger partial charge < -0.3 is 29.8 Å². The highest BCUT2D eigenvalue weighted by molar-refractivity contribution is 5.63. The van der Waals surface area contributed by atoms with E-state index in [4.69, 9.17) is 0 Å². The van der Waals surface area contributed by atoms with Gasteiger partial charge in [-0.1, -0.05) is 24.3 Å². The third-order valence-corrected chi connectivity index (χ3v) is 8.74. The van der Waals surface area contributed by atoms with Gasteiger partial charge in [0.15, 0.2) is 0 Å². The van der Waals surface area contributed by atoms with Crippen LogP contribution in [-0.4, -0.2) is 98.7 Å². The molecule has 2 heterocycles. The topological polar surface area (TPSA) is 53.4 Å². The zero-order valence-corrected chi connectivity index (χ0v) is 22.9. The molecule has 2 aromatic carbocycles. The summed E-state index contributed by atoms with van der Waals surface area (Å²) in [5.41, 5.74) is 7.42. The average Bonchev–Trinajstić information content (AvgIpc) is 3.30. The van der Waals surface area contributed by atoms with Crippen molar-refractivity contribution in [1.29, 1.82) is 0 Å². The molecule has 0 aromatic heterocycles. The first-order chi connectivity index (χ1) is 17.2. The molecule has 196 valence electrons. The van der Waals surface area contributed by atoms with Crippen LogP contribution in [0.3, 0.4) is 0 Å². The second-order valence-corrected chi connectivity index (χ2v) is 11.9. The maximum atomic E-state index is 11.2. The summed E-state index contributed by atoms with van der Waals surface area (Å²) < 4.78 is 0. The van der Waals surface area contributed by atoms with E-state index in [1.165, 1.54) is 22.5 Å². The monoisotopic (exact) mass is 492 g/mol. The lowest BCUT2D eigenvalue weighted by molar-refractivity contribution is -0.0785. The first-order valence-electron chi connectivity index (χ1n) is 13.6. The van der Waals surface area contributed by atoms with Crippen LogP contribution in [0.2, 0.25) is 0 Å². The van der Waals surface area contributed by atoms with Crippen molar-refractivity contribution in [2.24, 2.45) is 0 Å². The number of anilines is 2. The molecule has 0 saturated heterocycles. The highest BCUT2D eigenvalue weighted by Crippen LogP contribution is 2.50. The fourth-order valence-electron chi connectivity index (χ4n) is 6.64. The number of hydrogen-bond donors (Lipinski definition) is 2. The third-order valence-electron chi connectivity index (χ3n) is 8.74. The van der Waals surface area contributed by atoms with Crippen LogP contribution >= 0.6 is 0 Å². The predicted octanol–water partition coefficient (Wildman–Crippen LogP) is 2.91. The van der Waals surface area contributed by atoms with E-state index in [0.717, 1.165) is 50.1 Å². The van der Waals surface area contributed by atoms with Gasteiger partial charge in [0.25, 0.3) is 0 Å². The standard InChI is InChI=1S/C30H44N4O2/c1-19-15-23-17-21(7-9-25(23)33(19)13-11-31(3)4)27-29(35)28(30(27)36)22-8-10-26-24(18-22)16-20(2)34(26)14-12-32(5)6/h7-10,17-20,27-30,35-36H,11-16H2,1-6H3. The van der Waals surface area contributed by atoms with Crippen LogP contribution in [0.4, 0.5) is 11.4 Å². The lowest BCUT2D eigenvalue weighted by atomic mass is 9.63. The smallest absolute Gasteiger partial charge is 0.0727 e. The van der Waals surface area contributed by atoms with Crippen molar-refractivity contribution in [2.45, 2.75) is 62.8 Å². The average molecular weight is 493 g/mol. The van der Waals surface area contributed by atoms with E-state index in [1.54, 1.807) is 0 Å². The normalized spacial score (nSPS) is 29.2. The molecule has 2 atom stereocenters. The maximum Gasteiger partial charge on any atom is 0.0727 e. The molecule has 3 aliphatic rings. The van der Waals surface area contributed by atoms with Crippen LogP contribution in [0, 0.1) is 0 Å². The summed E-state index contributed by atoms with van der Waals surface area (Å²) in [5, 5.41) is 22.5. The van der Waals surface area contributed by atoms with Gasteiger partial charge in [0.05, 0.1) is 12.2 Å². The van der Waals surface area contributed by atoms with Crippen LogP contribution < -0.4 is 9.80 Å². The number of nitrogens with zero attached hydrogens (tertiary/aromatic N) is 4. The maximum absolute atomic E-state index is 11.2. The molecule has 2 aliphatic heterocycles. The Morgan fingerprint density at radius 1 is 0.694 bits per heavy atom. The van der Waals surface area contributed by atoms with Crippen molar-refractivity contribution in [3.05, 3.63) is 58.7 Å². The molecule has 2 unspecified atom stereocenters. The molecule has 6 heteroatoms. The Hall–Kier alpha value is -2.12. The van der Waals surface area contributed by atoms with Gasteiger partial charge in [-0.25, -0.2) is 0 Å². The number of likely N-dealkylation sites (N-methyl/N-ethyl adjacent to an activating group) is 2. The van der Waals surface area contributed by atoms with Crippen molar-refractivity contribution >= 4 is 11.4 Å². The number of benzene rings is 2. The van der Waals surface area contributed by atoms with Crippen LogP contribution in [0.1, 0.15) is 47.9 Å².